The number of likely N-dealkylation sites (N-methyl/N-ethyl adjacent to an activating group) is 1. The highest BCUT2D eigenvalue weighted by Gasteiger charge is 2.45. The molecule has 250 valence electrons. The Labute approximate surface area is 252 Å². The molecule has 3 saturated heterocycles. The van der Waals surface area contributed by atoms with Gasteiger partial charge in [0.15, 0.2) is 12.1 Å². The number of aliphatic hydroxyl groups excluding tert-OH is 2. The quantitative estimate of drug-likeness (QED) is 0.350. The molecular weight excluding hydrogens is 576 g/mol. The Balaban J connectivity index is 0.000000338. The van der Waals surface area contributed by atoms with Gasteiger partial charge >= 0.3 is 24.1 Å². The predicted molar refractivity (Wildman–Crippen MR) is 151 cm³/mol. The van der Waals surface area contributed by atoms with Crippen molar-refractivity contribution in [3.63, 3.8) is 0 Å². The van der Waals surface area contributed by atoms with Crippen LogP contribution in [0.4, 0.5) is 18.4 Å². The Kier molecular flexibility index (Phi) is 14.5. The molecule has 0 aromatic carbocycles. The van der Waals surface area contributed by atoms with E-state index in [1.165, 1.54) is 19.1 Å². The number of amides is 2. The SMILES string of the molecule is CN1CC[C@H](F)[C@H]1CO.COC(=O)[C@@H]1[C@@H](F)CCN1C(=O)OC(C)(C)C.COC(=O)[C@@H]1[C@H](O)CCN1C(=O)OC(C)(C)C. The number of hydrogen-bond donors (Lipinski definition) is 2. The fourth-order valence-corrected chi connectivity index (χ4v) is 4.60. The molecule has 0 saturated carbocycles. The van der Waals surface area contributed by atoms with Crippen molar-refractivity contribution < 1.29 is 57.1 Å². The molecule has 3 rings (SSSR count). The van der Waals surface area contributed by atoms with Gasteiger partial charge in [-0.25, -0.2) is 28.0 Å². The van der Waals surface area contributed by atoms with Gasteiger partial charge in [0.25, 0.3) is 0 Å². The third kappa shape index (κ3) is 11.7. The van der Waals surface area contributed by atoms with Crippen LogP contribution in [0.15, 0.2) is 0 Å². The molecule has 0 spiro atoms. The first kappa shape index (κ1) is 38.2. The summed E-state index contributed by atoms with van der Waals surface area (Å²) in [7, 11) is 4.22. The molecule has 15 heteroatoms. The van der Waals surface area contributed by atoms with E-state index in [9.17, 15) is 33.1 Å². The number of rotatable bonds is 3. The van der Waals surface area contributed by atoms with Gasteiger partial charge in [0.05, 0.1) is 33.0 Å². The number of likely N-dealkylation sites (tertiary alicyclic amines) is 3. The van der Waals surface area contributed by atoms with Crippen LogP contribution in [0.1, 0.15) is 60.8 Å². The second-order valence-corrected chi connectivity index (χ2v) is 12.5. The molecular formula is C28H49F2N3O10. The largest absolute Gasteiger partial charge is 0.467 e. The standard InChI is InChI=1S/C11H18FNO4.C11H19NO5.C6H12FNO/c1-11(2,3)17-10(15)13-6-5-7(12)8(13)9(14)16-4;1-11(2,3)17-10(15)12-6-5-7(13)8(12)9(14)16-4;1-8-3-2-5(7)6(8)4-9/h7-8H,5-6H2,1-4H3;7-8,13H,5-6H2,1-4H3;5-6,9H,2-4H2,1H3/t7-,8-;7-,8+;5-,6+/m010/s1. The van der Waals surface area contributed by atoms with Crippen LogP contribution in [0.25, 0.3) is 0 Å². The molecule has 3 aliphatic heterocycles. The molecule has 0 radical (unpaired) electrons. The summed E-state index contributed by atoms with van der Waals surface area (Å²) >= 11 is 0. The topological polar surface area (TPSA) is 155 Å². The van der Waals surface area contributed by atoms with Gasteiger partial charge in [-0.15, -0.1) is 0 Å². The van der Waals surface area contributed by atoms with Gasteiger partial charge in [0.2, 0.25) is 0 Å². The normalized spacial score (nSPS) is 27.4. The zero-order valence-corrected chi connectivity index (χ0v) is 26.7. The highest BCUT2D eigenvalue weighted by molar-refractivity contribution is 5.83. The number of aliphatic hydroxyl groups is 2. The maximum atomic E-state index is 13.5. The Morgan fingerprint density at radius 1 is 0.744 bits per heavy atom. The van der Waals surface area contributed by atoms with Crippen LogP contribution in [0.3, 0.4) is 0 Å². The lowest BCUT2D eigenvalue weighted by Gasteiger charge is -2.27. The number of nitrogens with zero attached hydrogens (tertiary/aromatic N) is 3. The first-order valence-corrected chi connectivity index (χ1v) is 14.2. The average Bonchev–Trinajstić information content (AvgIpc) is 3.57. The Bertz CT molecular complexity index is 871. The van der Waals surface area contributed by atoms with Gasteiger partial charge in [0.1, 0.15) is 23.5 Å². The minimum absolute atomic E-state index is 0.0579. The first-order chi connectivity index (χ1) is 19.8. The minimum Gasteiger partial charge on any atom is -0.467 e. The molecule has 13 nitrogen and oxygen atoms in total. The van der Waals surface area contributed by atoms with E-state index in [1.807, 2.05) is 11.9 Å². The number of alkyl halides is 2. The van der Waals surface area contributed by atoms with Crippen molar-refractivity contribution in [3.8, 4) is 0 Å². The maximum Gasteiger partial charge on any atom is 0.411 e. The van der Waals surface area contributed by atoms with E-state index in [-0.39, 0.29) is 32.2 Å². The highest BCUT2D eigenvalue weighted by Crippen LogP contribution is 2.25. The molecule has 0 aromatic heterocycles. The summed E-state index contributed by atoms with van der Waals surface area (Å²) in [5, 5.41) is 18.3. The van der Waals surface area contributed by atoms with Crippen LogP contribution in [0.5, 0.6) is 0 Å². The summed E-state index contributed by atoms with van der Waals surface area (Å²) in [6, 6.07) is -2.39. The van der Waals surface area contributed by atoms with Crippen molar-refractivity contribution in [2.75, 3.05) is 47.5 Å². The van der Waals surface area contributed by atoms with Crippen molar-refractivity contribution in [2.45, 2.75) is 109 Å². The molecule has 0 aliphatic carbocycles. The molecule has 2 N–H and O–H groups in total. The van der Waals surface area contributed by atoms with E-state index in [4.69, 9.17) is 14.6 Å². The van der Waals surface area contributed by atoms with Crippen molar-refractivity contribution in [3.05, 3.63) is 0 Å². The van der Waals surface area contributed by atoms with Crippen molar-refractivity contribution in [1.29, 1.82) is 0 Å². The summed E-state index contributed by atoms with van der Waals surface area (Å²) in [6.45, 7) is 11.5. The zero-order valence-electron chi connectivity index (χ0n) is 26.7. The van der Waals surface area contributed by atoms with Crippen molar-refractivity contribution >= 4 is 24.1 Å². The van der Waals surface area contributed by atoms with E-state index in [2.05, 4.69) is 9.47 Å². The van der Waals surface area contributed by atoms with Crippen LogP contribution in [-0.2, 0) is 28.5 Å². The average molecular weight is 626 g/mol. The molecule has 6 atom stereocenters. The van der Waals surface area contributed by atoms with Crippen molar-refractivity contribution in [1.82, 2.24) is 14.7 Å². The number of ether oxygens (including phenoxy) is 4. The number of methoxy groups -OCH3 is 2. The van der Waals surface area contributed by atoms with Crippen LogP contribution < -0.4 is 0 Å². The Hall–Kier alpha value is -2.78. The molecule has 3 fully saturated rings. The second kappa shape index (κ2) is 16.3. The van der Waals surface area contributed by atoms with E-state index in [0.29, 0.717) is 12.8 Å². The van der Waals surface area contributed by atoms with Crippen LogP contribution >= 0.6 is 0 Å². The van der Waals surface area contributed by atoms with Gasteiger partial charge in [-0.3, -0.25) is 14.7 Å². The van der Waals surface area contributed by atoms with E-state index < -0.39 is 65.9 Å². The second-order valence-electron chi connectivity index (χ2n) is 12.5. The van der Waals surface area contributed by atoms with E-state index >= 15 is 0 Å². The molecule has 2 amide bonds. The summed E-state index contributed by atoms with van der Waals surface area (Å²) in [4.78, 5) is 50.6. The minimum atomic E-state index is -1.39. The summed E-state index contributed by atoms with van der Waals surface area (Å²) in [6.07, 6.45) is -3.36. The van der Waals surface area contributed by atoms with Crippen LogP contribution in [0.2, 0.25) is 0 Å². The monoisotopic (exact) mass is 625 g/mol. The van der Waals surface area contributed by atoms with Crippen molar-refractivity contribution in [2.24, 2.45) is 0 Å². The number of carbonyl (C=O) groups excluding carboxylic acids is 4. The maximum absolute atomic E-state index is 13.5. The lowest BCUT2D eigenvalue weighted by atomic mass is 10.2. The Morgan fingerprint density at radius 2 is 1.16 bits per heavy atom. The smallest absolute Gasteiger partial charge is 0.411 e. The third-order valence-corrected chi connectivity index (χ3v) is 6.76. The fourth-order valence-electron chi connectivity index (χ4n) is 4.60. The molecule has 0 bridgehead atoms. The van der Waals surface area contributed by atoms with Gasteiger partial charge in [-0.05, 0) is 67.9 Å². The fraction of sp³-hybridized carbons (Fsp3) is 0.857. The number of halogens is 2. The molecule has 3 aliphatic rings. The number of esters is 2. The zero-order chi connectivity index (χ0) is 33.3. The van der Waals surface area contributed by atoms with Crippen LogP contribution in [-0.4, -0.2) is 144 Å². The lowest BCUT2D eigenvalue weighted by molar-refractivity contribution is -0.148. The Morgan fingerprint density at radius 3 is 1.53 bits per heavy atom. The summed E-state index contributed by atoms with van der Waals surface area (Å²) < 4.78 is 45.5. The first-order valence-electron chi connectivity index (χ1n) is 14.2. The molecule has 0 aromatic rings. The highest BCUT2D eigenvalue weighted by atomic mass is 19.1. The number of carbonyl (C=O) groups is 4. The van der Waals surface area contributed by atoms with Gasteiger partial charge in [0, 0.05) is 19.6 Å². The van der Waals surface area contributed by atoms with E-state index in [1.54, 1.807) is 41.5 Å². The van der Waals surface area contributed by atoms with E-state index in [0.717, 1.165) is 11.4 Å². The summed E-state index contributed by atoms with van der Waals surface area (Å²) in [5.41, 5.74) is -1.31. The molecule has 3 heterocycles. The van der Waals surface area contributed by atoms with Crippen LogP contribution in [0, 0.1) is 0 Å². The molecule has 0 unspecified atom stereocenters. The number of hydrogen-bond acceptors (Lipinski definition) is 11. The predicted octanol–water partition coefficient (Wildman–Crippen LogP) is 2.06. The van der Waals surface area contributed by atoms with Gasteiger partial charge in [-0.1, -0.05) is 0 Å². The summed E-state index contributed by atoms with van der Waals surface area (Å²) in [5.74, 6) is -1.37. The third-order valence-electron chi connectivity index (χ3n) is 6.76. The van der Waals surface area contributed by atoms with Gasteiger partial charge < -0.3 is 29.2 Å². The lowest BCUT2D eigenvalue weighted by Crippen LogP contribution is -2.47. The molecule has 43 heavy (non-hydrogen) atoms. The van der Waals surface area contributed by atoms with Gasteiger partial charge in [-0.2, -0.15) is 0 Å².